The van der Waals surface area contributed by atoms with Crippen molar-refractivity contribution in [1.29, 1.82) is 0 Å². The average Bonchev–Trinajstić information content (AvgIpc) is 2.69. The zero-order chi connectivity index (χ0) is 19.4. The summed E-state index contributed by atoms with van der Waals surface area (Å²) in [5, 5.41) is 0. The number of sulfonamides is 1. The van der Waals surface area contributed by atoms with Crippen LogP contribution in [-0.2, 0) is 14.8 Å². The lowest BCUT2D eigenvalue weighted by atomic mass is 10.3. The van der Waals surface area contributed by atoms with Crippen molar-refractivity contribution >= 4 is 27.7 Å². The normalized spacial score (nSPS) is 15.7. The molecule has 0 radical (unpaired) electrons. The van der Waals surface area contributed by atoms with Gasteiger partial charge in [-0.05, 0) is 30.3 Å². The SMILES string of the molecule is O=C(CSc1ccccc1)N1CCN(S(=O)(=O)c2ccc(F)c(F)c2)CC1. The summed E-state index contributed by atoms with van der Waals surface area (Å²) in [6.07, 6.45) is 0. The lowest BCUT2D eigenvalue weighted by Gasteiger charge is -2.34. The maximum absolute atomic E-state index is 13.4. The molecule has 0 saturated carbocycles. The van der Waals surface area contributed by atoms with Gasteiger partial charge in [-0.25, -0.2) is 17.2 Å². The van der Waals surface area contributed by atoms with Gasteiger partial charge in [0.15, 0.2) is 11.6 Å². The third-order valence-corrected chi connectivity index (χ3v) is 7.12. The molecule has 3 rings (SSSR count). The Morgan fingerprint density at radius 2 is 1.63 bits per heavy atom. The van der Waals surface area contributed by atoms with E-state index in [-0.39, 0.29) is 42.7 Å². The number of halogens is 2. The van der Waals surface area contributed by atoms with Crippen molar-refractivity contribution in [2.75, 3.05) is 31.9 Å². The highest BCUT2D eigenvalue weighted by Gasteiger charge is 2.30. The number of nitrogens with zero attached hydrogens (tertiary/aromatic N) is 2. The largest absolute Gasteiger partial charge is 0.339 e. The first kappa shape index (κ1) is 19.8. The van der Waals surface area contributed by atoms with Crippen molar-refractivity contribution in [3.63, 3.8) is 0 Å². The second-order valence-corrected chi connectivity index (χ2v) is 8.95. The Morgan fingerprint density at radius 1 is 0.963 bits per heavy atom. The summed E-state index contributed by atoms with van der Waals surface area (Å²) in [5.41, 5.74) is 0. The third-order valence-electron chi connectivity index (χ3n) is 4.23. The molecule has 0 aromatic heterocycles. The number of hydrogen-bond donors (Lipinski definition) is 0. The van der Waals surface area contributed by atoms with Gasteiger partial charge in [-0.15, -0.1) is 11.8 Å². The van der Waals surface area contributed by atoms with Gasteiger partial charge in [0.2, 0.25) is 15.9 Å². The molecule has 0 atom stereocenters. The molecule has 1 fully saturated rings. The number of rotatable bonds is 5. The summed E-state index contributed by atoms with van der Waals surface area (Å²) in [5.74, 6) is -2.09. The topological polar surface area (TPSA) is 57.7 Å². The van der Waals surface area contributed by atoms with Crippen molar-refractivity contribution in [1.82, 2.24) is 9.21 Å². The summed E-state index contributed by atoms with van der Waals surface area (Å²) in [4.78, 5) is 14.6. The predicted molar refractivity (Wildman–Crippen MR) is 98.9 cm³/mol. The summed E-state index contributed by atoms with van der Waals surface area (Å²) in [6.45, 7) is 0.750. The Hall–Kier alpha value is -1.97. The second-order valence-electron chi connectivity index (χ2n) is 5.96. The maximum atomic E-state index is 13.4. The summed E-state index contributed by atoms with van der Waals surface area (Å²) in [6, 6.07) is 12.1. The fourth-order valence-corrected chi connectivity index (χ4v) is 4.97. The number of carbonyl (C=O) groups is 1. The summed E-state index contributed by atoms with van der Waals surface area (Å²) in [7, 11) is -3.92. The van der Waals surface area contributed by atoms with E-state index in [9.17, 15) is 22.0 Å². The molecule has 0 aliphatic carbocycles. The molecule has 5 nitrogen and oxygen atoms in total. The van der Waals surface area contributed by atoms with Crippen LogP contribution in [0.5, 0.6) is 0 Å². The van der Waals surface area contributed by atoms with Gasteiger partial charge in [0.05, 0.1) is 10.6 Å². The fourth-order valence-electron chi connectivity index (χ4n) is 2.72. The van der Waals surface area contributed by atoms with E-state index in [1.807, 2.05) is 30.3 Å². The first-order chi connectivity index (χ1) is 12.9. The zero-order valence-corrected chi connectivity index (χ0v) is 16.0. The first-order valence-electron chi connectivity index (χ1n) is 8.29. The van der Waals surface area contributed by atoms with Crippen LogP contribution in [0.3, 0.4) is 0 Å². The van der Waals surface area contributed by atoms with Gasteiger partial charge in [0, 0.05) is 31.1 Å². The molecule has 27 heavy (non-hydrogen) atoms. The number of benzene rings is 2. The van der Waals surface area contributed by atoms with Gasteiger partial charge in [0.25, 0.3) is 0 Å². The van der Waals surface area contributed by atoms with Gasteiger partial charge in [-0.3, -0.25) is 4.79 Å². The first-order valence-corrected chi connectivity index (χ1v) is 10.7. The number of amides is 1. The molecule has 2 aromatic carbocycles. The average molecular weight is 412 g/mol. The molecule has 0 spiro atoms. The number of carbonyl (C=O) groups excluding carboxylic acids is 1. The molecular formula is C18H18F2N2O3S2. The Labute approximate surface area is 161 Å². The van der Waals surface area contributed by atoms with E-state index >= 15 is 0 Å². The fraction of sp³-hybridized carbons (Fsp3) is 0.278. The van der Waals surface area contributed by atoms with Crippen LogP contribution in [0.4, 0.5) is 8.78 Å². The standard InChI is InChI=1S/C18H18F2N2O3S2/c19-16-7-6-15(12-17(16)20)27(24,25)22-10-8-21(9-11-22)18(23)13-26-14-4-2-1-3-5-14/h1-7,12H,8-11,13H2. The Morgan fingerprint density at radius 3 is 2.26 bits per heavy atom. The van der Waals surface area contributed by atoms with Crippen molar-refractivity contribution in [3.8, 4) is 0 Å². The highest BCUT2D eigenvalue weighted by atomic mass is 32.2. The Bertz CT molecular complexity index is 915. The Kier molecular flexibility index (Phi) is 6.13. The molecular weight excluding hydrogens is 394 g/mol. The van der Waals surface area contributed by atoms with Gasteiger partial charge >= 0.3 is 0 Å². The van der Waals surface area contributed by atoms with Gasteiger partial charge in [-0.1, -0.05) is 18.2 Å². The highest BCUT2D eigenvalue weighted by Crippen LogP contribution is 2.21. The van der Waals surface area contributed by atoms with Crippen molar-refractivity contribution in [3.05, 3.63) is 60.2 Å². The van der Waals surface area contributed by atoms with Crippen molar-refractivity contribution in [2.45, 2.75) is 9.79 Å². The van der Waals surface area contributed by atoms with E-state index in [1.54, 1.807) is 4.90 Å². The second kappa shape index (κ2) is 8.37. The van der Waals surface area contributed by atoms with Crippen LogP contribution >= 0.6 is 11.8 Å². The van der Waals surface area contributed by atoms with Crippen molar-refractivity contribution < 1.29 is 22.0 Å². The summed E-state index contributed by atoms with van der Waals surface area (Å²) < 4.78 is 52.7. The highest BCUT2D eigenvalue weighted by molar-refractivity contribution is 8.00. The van der Waals surface area contributed by atoms with E-state index in [1.165, 1.54) is 16.1 Å². The molecule has 2 aromatic rings. The smallest absolute Gasteiger partial charge is 0.243 e. The van der Waals surface area contributed by atoms with Gasteiger partial charge in [0.1, 0.15) is 0 Å². The molecule has 0 unspecified atom stereocenters. The molecule has 0 N–H and O–H groups in total. The van der Waals surface area contributed by atoms with E-state index in [0.29, 0.717) is 6.07 Å². The maximum Gasteiger partial charge on any atom is 0.243 e. The molecule has 9 heteroatoms. The molecule has 1 heterocycles. The predicted octanol–water partition coefficient (Wildman–Crippen LogP) is 2.59. The van der Waals surface area contributed by atoms with Gasteiger partial charge in [-0.2, -0.15) is 4.31 Å². The zero-order valence-electron chi connectivity index (χ0n) is 14.3. The quantitative estimate of drug-likeness (QED) is 0.709. The van der Waals surface area contributed by atoms with E-state index in [4.69, 9.17) is 0 Å². The summed E-state index contributed by atoms with van der Waals surface area (Å²) >= 11 is 1.43. The van der Waals surface area contributed by atoms with Crippen molar-refractivity contribution in [2.24, 2.45) is 0 Å². The van der Waals surface area contributed by atoms with Gasteiger partial charge < -0.3 is 4.90 Å². The molecule has 1 aliphatic rings. The van der Waals surface area contributed by atoms with Crippen LogP contribution in [0.25, 0.3) is 0 Å². The molecule has 0 bridgehead atoms. The minimum Gasteiger partial charge on any atom is -0.339 e. The lowest BCUT2D eigenvalue weighted by Crippen LogP contribution is -2.51. The molecule has 1 amide bonds. The molecule has 1 saturated heterocycles. The van der Waals surface area contributed by atoms with Crippen LogP contribution in [0.1, 0.15) is 0 Å². The minimum absolute atomic E-state index is 0.0614. The van der Waals surface area contributed by atoms with E-state index < -0.39 is 21.7 Å². The third kappa shape index (κ3) is 4.66. The molecule has 1 aliphatic heterocycles. The van der Waals surface area contributed by atoms with E-state index in [0.717, 1.165) is 17.0 Å². The van der Waals surface area contributed by atoms with Crippen LogP contribution in [0.15, 0.2) is 58.3 Å². The number of piperazine rings is 1. The van der Waals surface area contributed by atoms with Crippen LogP contribution in [-0.4, -0.2) is 55.5 Å². The minimum atomic E-state index is -3.92. The monoisotopic (exact) mass is 412 g/mol. The molecule has 144 valence electrons. The van der Waals surface area contributed by atoms with Crippen LogP contribution in [0, 0.1) is 11.6 Å². The number of thioether (sulfide) groups is 1. The van der Waals surface area contributed by atoms with Crippen LogP contribution < -0.4 is 0 Å². The van der Waals surface area contributed by atoms with E-state index in [2.05, 4.69) is 0 Å². The lowest BCUT2D eigenvalue weighted by molar-refractivity contribution is -0.129. The Balaban J connectivity index is 1.57. The van der Waals surface area contributed by atoms with Crippen LogP contribution in [0.2, 0.25) is 0 Å². The number of hydrogen-bond acceptors (Lipinski definition) is 4.